The van der Waals surface area contributed by atoms with Gasteiger partial charge in [0.2, 0.25) is 0 Å². The Hall–Kier alpha value is 0.154. The molecule has 0 bridgehead atoms. The van der Waals surface area contributed by atoms with E-state index >= 15 is 0 Å². The fourth-order valence-electron chi connectivity index (χ4n) is 2.18. The molecule has 0 atom stereocenters. The van der Waals surface area contributed by atoms with Gasteiger partial charge >= 0.3 is 17.6 Å². The molecule has 0 saturated heterocycles. The zero-order valence-electron chi connectivity index (χ0n) is 16.7. The highest BCUT2D eigenvalue weighted by Crippen LogP contribution is 2.17. The summed E-state index contributed by atoms with van der Waals surface area (Å²) in [5.41, 5.74) is 5.48. The lowest BCUT2D eigenvalue weighted by Crippen LogP contribution is -2.46. The Labute approximate surface area is 150 Å². The van der Waals surface area contributed by atoms with Gasteiger partial charge in [0.05, 0.1) is 0 Å². The average Bonchev–Trinajstić information content (AvgIpc) is 2.59. The largest absolute Gasteiger partial charge is 0.500 e. The third-order valence-corrected chi connectivity index (χ3v) is 9.40. The Morgan fingerprint density at radius 2 is 1.08 bits per heavy atom. The highest BCUT2D eigenvalue weighted by molar-refractivity contribution is 6.61. The molecule has 0 rings (SSSR count). The van der Waals surface area contributed by atoms with Crippen LogP contribution in [0.2, 0.25) is 12.1 Å². The quantitative estimate of drug-likeness (QED) is 0.460. The Morgan fingerprint density at radius 1 is 0.667 bits per heavy atom. The molecule has 0 aromatic rings. The van der Waals surface area contributed by atoms with E-state index in [2.05, 4.69) is 6.92 Å². The predicted molar refractivity (Wildman–Crippen MR) is 101 cm³/mol. The van der Waals surface area contributed by atoms with Crippen molar-refractivity contribution in [2.24, 2.45) is 5.73 Å². The minimum absolute atomic E-state index is 0.636. The van der Waals surface area contributed by atoms with E-state index in [1.54, 1.807) is 21.3 Å². The maximum absolute atomic E-state index is 5.65. The molecule has 0 heterocycles. The van der Waals surface area contributed by atoms with Crippen LogP contribution in [-0.4, -0.2) is 65.3 Å². The van der Waals surface area contributed by atoms with Crippen molar-refractivity contribution in [1.82, 2.24) is 0 Å². The van der Waals surface area contributed by atoms with Crippen LogP contribution in [0.25, 0.3) is 0 Å². The second-order valence-corrected chi connectivity index (χ2v) is 10.7. The summed E-state index contributed by atoms with van der Waals surface area (Å²) < 4.78 is 32.5. The first kappa shape index (κ1) is 26.4. The topological polar surface area (TPSA) is 81.4 Å². The summed E-state index contributed by atoms with van der Waals surface area (Å²) >= 11 is 0. The van der Waals surface area contributed by atoms with Gasteiger partial charge in [0.1, 0.15) is 0 Å². The van der Waals surface area contributed by atoms with Gasteiger partial charge in [-0.05, 0) is 33.7 Å². The molecule has 0 aliphatic heterocycles. The van der Waals surface area contributed by atoms with Crippen molar-refractivity contribution in [3.63, 3.8) is 0 Å². The van der Waals surface area contributed by atoms with Crippen LogP contribution in [0, 0.1) is 0 Å². The number of hydrogen-bond donors (Lipinski definition) is 1. The molecule has 24 heavy (non-hydrogen) atoms. The summed E-state index contributed by atoms with van der Waals surface area (Å²) in [5.74, 6) is 0. The van der Waals surface area contributed by atoms with Crippen LogP contribution in [0.4, 0.5) is 0 Å². The van der Waals surface area contributed by atoms with Crippen molar-refractivity contribution >= 4 is 17.6 Å². The molecule has 0 fully saturated rings. The molecule has 9 heteroatoms. The summed E-state index contributed by atoms with van der Waals surface area (Å²) in [4.78, 5) is 0. The van der Waals surface area contributed by atoms with Crippen LogP contribution in [-0.2, 0) is 26.6 Å². The lowest BCUT2D eigenvalue weighted by molar-refractivity contribution is 0.0710. The van der Waals surface area contributed by atoms with E-state index in [1.165, 1.54) is 0 Å². The number of rotatable bonds is 14. The van der Waals surface area contributed by atoms with Gasteiger partial charge in [-0.25, -0.2) is 0 Å². The monoisotopic (exact) mass is 385 g/mol. The van der Waals surface area contributed by atoms with Crippen molar-refractivity contribution in [3.05, 3.63) is 0 Å². The SMILES string of the molecule is CCC[Si](OC)(OC)OC.CCO[Si](CCCN)(OCC)OCC. The zero-order valence-corrected chi connectivity index (χ0v) is 18.7. The molecule has 0 radical (unpaired) electrons. The zero-order chi connectivity index (χ0) is 18.9. The molecular weight excluding hydrogens is 346 g/mol. The van der Waals surface area contributed by atoms with Gasteiger partial charge in [0, 0.05) is 53.2 Å². The van der Waals surface area contributed by atoms with Crippen molar-refractivity contribution in [2.45, 2.75) is 52.6 Å². The summed E-state index contributed by atoms with van der Waals surface area (Å²) in [6.45, 7) is 10.5. The smallest absolute Gasteiger partial charge is 0.377 e. The first-order valence-electron chi connectivity index (χ1n) is 8.76. The van der Waals surface area contributed by atoms with Crippen LogP contribution in [0.1, 0.15) is 40.5 Å². The van der Waals surface area contributed by atoms with Crippen LogP contribution >= 0.6 is 0 Å². The maximum atomic E-state index is 5.65. The second-order valence-electron chi connectivity index (χ2n) is 4.92. The second kappa shape index (κ2) is 16.6. The molecule has 0 unspecified atom stereocenters. The van der Waals surface area contributed by atoms with E-state index in [0.29, 0.717) is 26.4 Å². The van der Waals surface area contributed by atoms with E-state index in [4.69, 9.17) is 32.3 Å². The molecular formula is C15H39NO6Si2. The number of nitrogens with two attached hydrogens (primary N) is 1. The number of hydrogen-bond acceptors (Lipinski definition) is 7. The van der Waals surface area contributed by atoms with E-state index < -0.39 is 17.6 Å². The van der Waals surface area contributed by atoms with Gasteiger partial charge < -0.3 is 32.3 Å². The first-order valence-corrected chi connectivity index (χ1v) is 12.6. The van der Waals surface area contributed by atoms with E-state index in [-0.39, 0.29) is 0 Å². The van der Waals surface area contributed by atoms with Crippen molar-refractivity contribution < 1.29 is 26.6 Å². The molecule has 148 valence electrons. The van der Waals surface area contributed by atoms with Crippen LogP contribution in [0.15, 0.2) is 0 Å². The summed E-state index contributed by atoms with van der Waals surface area (Å²) in [6.07, 6.45) is 1.92. The summed E-state index contributed by atoms with van der Waals surface area (Å²) in [6, 6.07) is 1.70. The molecule has 0 saturated carbocycles. The molecule has 2 N–H and O–H groups in total. The minimum atomic E-state index is -2.40. The fraction of sp³-hybridized carbons (Fsp3) is 1.00. The summed E-state index contributed by atoms with van der Waals surface area (Å²) in [7, 11) is 0.288. The molecule has 0 aliphatic rings. The molecule has 0 aliphatic carbocycles. The van der Waals surface area contributed by atoms with Crippen LogP contribution in [0.5, 0.6) is 0 Å². The molecule has 0 aromatic heterocycles. The third kappa shape index (κ3) is 10.9. The maximum Gasteiger partial charge on any atom is 0.500 e. The molecule has 0 aromatic carbocycles. The minimum Gasteiger partial charge on any atom is -0.377 e. The predicted octanol–water partition coefficient (Wildman–Crippen LogP) is 2.66. The summed E-state index contributed by atoms with van der Waals surface area (Å²) in [5, 5.41) is 0. The normalized spacial score (nSPS) is 12.0. The lowest BCUT2D eigenvalue weighted by Gasteiger charge is -2.28. The van der Waals surface area contributed by atoms with Crippen molar-refractivity contribution in [2.75, 3.05) is 47.7 Å². The van der Waals surface area contributed by atoms with Crippen molar-refractivity contribution in [1.29, 1.82) is 0 Å². The lowest BCUT2D eigenvalue weighted by atomic mass is 10.5. The molecule has 0 amide bonds. The standard InChI is InChI=1S/C9H23NO3Si.C6H16O3Si/c1-4-11-14(12-5-2,13-6-3)9-7-8-10;1-5-6-10(7-2,8-3)9-4/h4-10H2,1-3H3;5-6H2,1-4H3. The van der Waals surface area contributed by atoms with Gasteiger partial charge in [-0.1, -0.05) is 13.3 Å². The van der Waals surface area contributed by atoms with E-state index in [0.717, 1.165) is 24.9 Å². The van der Waals surface area contributed by atoms with Gasteiger partial charge in [0.25, 0.3) is 0 Å². The Bertz CT molecular complexity index is 245. The highest BCUT2D eigenvalue weighted by atomic mass is 28.4. The third-order valence-electron chi connectivity index (χ3n) is 3.27. The van der Waals surface area contributed by atoms with E-state index in [9.17, 15) is 0 Å². The molecule has 7 nitrogen and oxygen atoms in total. The Balaban J connectivity index is 0. The van der Waals surface area contributed by atoms with Gasteiger partial charge in [0.15, 0.2) is 0 Å². The average molecular weight is 386 g/mol. The van der Waals surface area contributed by atoms with Gasteiger partial charge in [-0.15, -0.1) is 0 Å². The Morgan fingerprint density at radius 3 is 1.29 bits per heavy atom. The molecule has 0 spiro atoms. The first-order chi connectivity index (χ1) is 11.5. The highest BCUT2D eigenvalue weighted by Gasteiger charge is 2.39. The van der Waals surface area contributed by atoms with Crippen LogP contribution < -0.4 is 5.73 Å². The Kier molecular flexibility index (Phi) is 18.3. The fourth-order valence-corrected chi connectivity index (χ4v) is 6.55. The van der Waals surface area contributed by atoms with E-state index in [1.807, 2.05) is 20.8 Å². The van der Waals surface area contributed by atoms with Gasteiger partial charge in [-0.2, -0.15) is 0 Å². The van der Waals surface area contributed by atoms with Crippen molar-refractivity contribution in [3.8, 4) is 0 Å². The van der Waals surface area contributed by atoms with Crippen LogP contribution in [0.3, 0.4) is 0 Å². The van der Waals surface area contributed by atoms with Gasteiger partial charge in [-0.3, -0.25) is 0 Å².